The Bertz CT molecular complexity index is 386. The first kappa shape index (κ1) is 33.4. The van der Waals surface area contributed by atoms with Crippen molar-refractivity contribution in [2.75, 3.05) is 6.61 Å². The second-order valence-electron chi connectivity index (χ2n) is 9.51. The van der Waals surface area contributed by atoms with Gasteiger partial charge in [-0.3, -0.25) is 4.79 Å². The summed E-state index contributed by atoms with van der Waals surface area (Å²) in [4.78, 5) is 11.8. The number of unbranched alkanes of at least 4 members (excludes halogenated alkanes) is 15. The first-order valence-electron chi connectivity index (χ1n) is 13.5. The Hall–Kier alpha value is 0.210. The molecule has 0 bridgehead atoms. The minimum atomic E-state index is 0. The summed E-state index contributed by atoms with van der Waals surface area (Å²) in [5, 5.41) is 0. The maximum Gasteiger partial charge on any atom is 1.00 e. The summed E-state index contributed by atoms with van der Waals surface area (Å²) >= 11 is 0. The van der Waals surface area contributed by atoms with E-state index >= 15 is 0 Å². The molecule has 0 fully saturated rings. The van der Waals surface area contributed by atoms with Crippen LogP contribution in [0.1, 0.15) is 151 Å². The number of esters is 1. The van der Waals surface area contributed by atoms with Gasteiger partial charge < -0.3 is 6.16 Å². The van der Waals surface area contributed by atoms with E-state index in [1.54, 1.807) is 0 Å². The third-order valence-corrected chi connectivity index (χ3v) is 5.83. The molecule has 0 radical (unpaired) electrons. The monoisotopic (exact) mass is 446 g/mol. The minimum absolute atomic E-state index is 0. The van der Waals surface area contributed by atoms with Gasteiger partial charge in [0.1, 0.15) is 0 Å². The fourth-order valence-electron chi connectivity index (χ4n) is 3.78. The van der Waals surface area contributed by atoms with Crippen LogP contribution in [0.3, 0.4) is 0 Å². The number of allylic oxidation sites excluding steroid dienone is 2. The van der Waals surface area contributed by atoms with Gasteiger partial charge in [-0.15, -0.1) is 0 Å². The van der Waals surface area contributed by atoms with Crippen molar-refractivity contribution in [2.24, 2.45) is 5.92 Å². The van der Waals surface area contributed by atoms with Gasteiger partial charge in [0, 0.05) is 6.42 Å². The van der Waals surface area contributed by atoms with Crippen molar-refractivity contribution >= 4 is 5.97 Å². The molecule has 0 unspecified atom stereocenters. The summed E-state index contributed by atoms with van der Waals surface area (Å²) < 4.78 is 5.36. The molecule has 2 nitrogen and oxygen atoms in total. The molecule has 0 amide bonds. The second-order valence-corrected chi connectivity index (χ2v) is 9.51. The molecule has 0 aliphatic heterocycles. The zero-order valence-electron chi connectivity index (χ0n) is 22.9. The van der Waals surface area contributed by atoms with Crippen molar-refractivity contribution in [1.82, 2.24) is 0 Å². The Morgan fingerprint density at radius 2 is 1.19 bits per heavy atom. The molecule has 0 rings (SSSR count). The second kappa shape index (κ2) is 28.2. The van der Waals surface area contributed by atoms with Crippen LogP contribution >= 0.6 is 0 Å². The van der Waals surface area contributed by atoms with Gasteiger partial charge in [0.05, 0.1) is 6.61 Å². The van der Waals surface area contributed by atoms with Crippen molar-refractivity contribution in [3.63, 3.8) is 0 Å². The van der Waals surface area contributed by atoms with E-state index in [1.807, 2.05) is 0 Å². The van der Waals surface area contributed by atoms with Gasteiger partial charge in [0.15, 0.2) is 0 Å². The predicted octanol–water partition coefficient (Wildman–Crippen LogP) is 6.68. The molecule has 0 aromatic heterocycles. The maximum atomic E-state index is 11.8. The molecule has 0 aromatic rings. The average molecular weight is 447 g/mol. The van der Waals surface area contributed by atoms with E-state index in [9.17, 15) is 4.79 Å². The largest absolute Gasteiger partial charge is 1.00 e. The number of carbonyl (C=O) groups excluding carboxylic acids is 1. The Labute approximate surface area is 219 Å². The van der Waals surface area contributed by atoms with Crippen LogP contribution in [-0.4, -0.2) is 12.6 Å². The summed E-state index contributed by atoms with van der Waals surface area (Å²) in [5.74, 6) is 0.829. The summed E-state index contributed by atoms with van der Waals surface area (Å²) in [6, 6.07) is 0. The summed E-state index contributed by atoms with van der Waals surface area (Å²) in [6.45, 7) is 7.47. The van der Waals surface area contributed by atoms with E-state index in [2.05, 4.69) is 32.9 Å². The van der Waals surface area contributed by atoms with Crippen LogP contribution in [0.25, 0.3) is 0 Å². The molecule has 0 saturated carbocycles. The smallest absolute Gasteiger partial charge is 1.00 e. The fraction of sp³-hybridized carbons (Fsp3) is 0.893. The van der Waals surface area contributed by atoms with E-state index in [1.165, 1.54) is 103 Å². The number of ether oxygens (including phenoxy) is 1. The third-order valence-electron chi connectivity index (χ3n) is 5.83. The summed E-state index contributed by atoms with van der Waals surface area (Å²) in [6.07, 6.45) is 29.6. The summed E-state index contributed by atoms with van der Waals surface area (Å²) in [7, 11) is 0. The molecule has 0 atom stereocenters. The van der Waals surface area contributed by atoms with Crippen molar-refractivity contribution in [3.05, 3.63) is 12.2 Å². The molecule has 3 heteroatoms. The molecular weight excluding hydrogens is 391 g/mol. The molecule has 0 heterocycles. The molecule has 180 valence electrons. The fourth-order valence-corrected chi connectivity index (χ4v) is 3.78. The molecule has 0 spiro atoms. The van der Waals surface area contributed by atoms with E-state index in [-0.39, 0.29) is 37.0 Å². The molecule has 0 aromatic carbocycles. The number of carbonyl (C=O) groups is 1. The van der Waals surface area contributed by atoms with Crippen molar-refractivity contribution in [3.8, 4) is 0 Å². The maximum absolute atomic E-state index is 11.8. The molecule has 0 N–H and O–H groups in total. The predicted molar refractivity (Wildman–Crippen MR) is 134 cm³/mol. The van der Waals surface area contributed by atoms with Crippen LogP contribution in [0.5, 0.6) is 0 Å². The van der Waals surface area contributed by atoms with E-state index in [0.29, 0.717) is 13.0 Å². The van der Waals surface area contributed by atoms with Gasteiger partial charge in [-0.05, 0) is 44.4 Å². The van der Waals surface area contributed by atoms with E-state index in [4.69, 9.17) is 4.74 Å². The quantitative estimate of drug-likeness (QED) is 0.0757. The minimum Gasteiger partial charge on any atom is -1.00 e. The van der Waals surface area contributed by atoms with Gasteiger partial charge in [0.2, 0.25) is 0 Å². The number of rotatable bonds is 23. The molecule has 0 aliphatic carbocycles. The Balaban J connectivity index is -0.00000420. The molecule has 0 saturated heterocycles. The Kier molecular flexibility index (Phi) is 30.4. The SMILES string of the molecule is CCCCCCCC/C=C\CCCCCCCC(=O)OCCCCCCCC(C)C.[H-].[Na+]. The Morgan fingerprint density at radius 1 is 0.710 bits per heavy atom. The zero-order chi connectivity index (χ0) is 22.1. The normalized spacial score (nSPS) is 11.2. The van der Waals surface area contributed by atoms with Crippen molar-refractivity contribution < 1.29 is 40.5 Å². The topological polar surface area (TPSA) is 26.3 Å². The first-order valence-corrected chi connectivity index (χ1v) is 13.5. The first-order chi connectivity index (χ1) is 14.7. The molecular formula is C28H55NaO2. The van der Waals surface area contributed by atoms with Crippen molar-refractivity contribution in [1.29, 1.82) is 0 Å². The number of hydrogen-bond acceptors (Lipinski definition) is 2. The van der Waals surface area contributed by atoms with Gasteiger partial charge in [0.25, 0.3) is 0 Å². The zero-order valence-corrected chi connectivity index (χ0v) is 23.9. The number of hydrogen-bond donors (Lipinski definition) is 0. The molecule has 0 aliphatic rings. The van der Waals surface area contributed by atoms with Crippen LogP contribution in [0.4, 0.5) is 0 Å². The van der Waals surface area contributed by atoms with Gasteiger partial charge >= 0.3 is 35.5 Å². The van der Waals surface area contributed by atoms with Crippen molar-refractivity contribution in [2.45, 2.75) is 149 Å². The summed E-state index contributed by atoms with van der Waals surface area (Å²) in [5.41, 5.74) is 0. The van der Waals surface area contributed by atoms with Gasteiger partial charge in [-0.2, -0.15) is 0 Å². The average Bonchev–Trinajstić information content (AvgIpc) is 2.72. The van der Waals surface area contributed by atoms with Gasteiger partial charge in [-0.1, -0.05) is 116 Å². The third kappa shape index (κ3) is 30.2. The van der Waals surface area contributed by atoms with Crippen LogP contribution in [0.15, 0.2) is 12.2 Å². The Morgan fingerprint density at radius 3 is 1.77 bits per heavy atom. The van der Waals surface area contributed by atoms with E-state index in [0.717, 1.165) is 25.2 Å². The van der Waals surface area contributed by atoms with Crippen LogP contribution in [0, 0.1) is 5.92 Å². The van der Waals surface area contributed by atoms with Gasteiger partial charge in [-0.25, -0.2) is 0 Å². The van der Waals surface area contributed by atoms with Crippen LogP contribution in [-0.2, 0) is 9.53 Å². The van der Waals surface area contributed by atoms with E-state index < -0.39 is 0 Å². The standard InChI is InChI=1S/C28H54O2.Na.H/c1-4-5-6-7-8-9-10-11-12-13-14-15-16-19-22-25-28(29)30-26-23-20-17-18-21-24-27(2)3;;/h11-12,27H,4-10,13-26H2,1-3H3;;/q;+1;-1/b12-11-;;. The van der Waals surface area contributed by atoms with Crippen LogP contribution in [0.2, 0.25) is 0 Å². The molecule has 31 heavy (non-hydrogen) atoms. The van der Waals surface area contributed by atoms with Crippen LogP contribution < -0.4 is 29.6 Å².